The van der Waals surface area contributed by atoms with Gasteiger partial charge in [0.05, 0.1) is 12.7 Å². The largest absolute Gasteiger partial charge is 0.394 e. The Hall–Kier alpha value is -1.06. The predicted molar refractivity (Wildman–Crippen MR) is 97.5 cm³/mol. The summed E-state index contributed by atoms with van der Waals surface area (Å²) in [5, 5.41) is 50.0. The Bertz CT molecular complexity index is 626. The Morgan fingerprint density at radius 3 is 2.48 bits per heavy atom. The lowest BCUT2D eigenvalue weighted by molar-refractivity contribution is -0.313. The second-order valence-corrected chi connectivity index (χ2v) is 7.88. The Morgan fingerprint density at radius 2 is 1.85 bits per heavy atom. The number of ether oxygens (including phenoxy) is 2. The minimum absolute atomic E-state index is 0.165. The molecule has 0 aromatic rings. The number of hydrogen-bond acceptors (Lipinski definition) is 7. The minimum atomic E-state index is -1.51. The minimum Gasteiger partial charge on any atom is -0.394 e. The van der Waals surface area contributed by atoms with Crippen LogP contribution in [0, 0.1) is 11.8 Å². The SMILES string of the molecule is C=C(C)[C@H]1C=C2C(=C[C@@H](O[C@@H]3O[C@H](CO)[C@@H](O)[C@H](O)[C@H]3O)[C@H](O)[C@H]2C)CC1. The number of rotatable bonds is 4. The van der Waals surface area contributed by atoms with Gasteiger partial charge in [0, 0.05) is 5.92 Å². The van der Waals surface area contributed by atoms with Crippen molar-refractivity contribution in [2.75, 3.05) is 6.61 Å². The highest BCUT2D eigenvalue weighted by molar-refractivity contribution is 5.42. The smallest absolute Gasteiger partial charge is 0.187 e. The van der Waals surface area contributed by atoms with Gasteiger partial charge in [-0.3, -0.25) is 0 Å². The molecule has 3 aliphatic rings. The molecule has 152 valence electrons. The van der Waals surface area contributed by atoms with Crippen molar-refractivity contribution in [3.8, 4) is 0 Å². The van der Waals surface area contributed by atoms with Gasteiger partial charge in [0.2, 0.25) is 0 Å². The Kier molecular flexibility index (Phi) is 6.22. The van der Waals surface area contributed by atoms with Crippen LogP contribution in [0.3, 0.4) is 0 Å². The molecule has 0 aromatic heterocycles. The van der Waals surface area contributed by atoms with E-state index in [2.05, 4.69) is 12.7 Å². The summed E-state index contributed by atoms with van der Waals surface area (Å²) >= 11 is 0. The van der Waals surface area contributed by atoms with Crippen LogP contribution in [0.4, 0.5) is 0 Å². The van der Waals surface area contributed by atoms with E-state index in [1.807, 2.05) is 19.9 Å². The Morgan fingerprint density at radius 1 is 1.15 bits per heavy atom. The van der Waals surface area contributed by atoms with Crippen molar-refractivity contribution in [1.82, 2.24) is 0 Å². The van der Waals surface area contributed by atoms with Crippen molar-refractivity contribution in [2.45, 2.75) is 69.6 Å². The van der Waals surface area contributed by atoms with Gasteiger partial charge in [-0.15, -0.1) is 0 Å². The van der Waals surface area contributed by atoms with E-state index in [4.69, 9.17) is 9.47 Å². The Labute approximate surface area is 159 Å². The molecular weight excluding hydrogens is 352 g/mol. The molecule has 1 heterocycles. The summed E-state index contributed by atoms with van der Waals surface area (Å²) in [6, 6.07) is 0. The topological polar surface area (TPSA) is 120 Å². The number of hydrogen-bond donors (Lipinski definition) is 5. The molecule has 7 heteroatoms. The summed E-state index contributed by atoms with van der Waals surface area (Å²) < 4.78 is 11.2. The van der Waals surface area contributed by atoms with Gasteiger partial charge in [-0.05, 0) is 42.9 Å². The van der Waals surface area contributed by atoms with Crippen molar-refractivity contribution < 1.29 is 35.0 Å². The van der Waals surface area contributed by atoms with Gasteiger partial charge in [0.1, 0.15) is 30.5 Å². The summed E-state index contributed by atoms with van der Waals surface area (Å²) in [7, 11) is 0. The standard InChI is InChI=1S/C20H30O7/c1-9(2)11-4-5-12-7-14(16(22)10(3)13(12)6-11)26-20-19(25)18(24)17(23)15(8-21)27-20/h6-7,10-11,14-25H,1,4-5,8H2,2-3H3/t10-,11+,14+,15+,16+,17+,18-,19+,20+/m0/s1. The third kappa shape index (κ3) is 3.91. The first kappa shape index (κ1) is 20.7. The second kappa shape index (κ2) is 8.13. The van der Waals surface area contributed by atoms with E-state index in [1.165, 1.54) is 0 Å². The van der Waals surface area contributed by atoms with Crippen LogP contribution in [0.5, 0.6) is 0 Å². The van der Waals surface area contributed by atoms with Crippen LogP contribution in [0.15, 0.2) is 35.5 Å². The summed E-state index contributed by atoms with van der Waals surface area (Å²) in [4.78, 5) is 0. The summed E-state index contributed by atoms with van der Waals surface area (Å²) in [5.41, 5.74) is 3.29. The highest BCUT2D eigenvalue weighted by atomic mass is 16.7. The molecule has 0 saturated carbocycles. The molecule has 0 amide bonds. The fourth-order valence-corrected chi connectivity index (χ4v) is 4.09. The van der Waals surface area contributed by atoms with Gasteiger partial charge < -0.3 is 35.0 Å². The van der Waals surface area contributed by atoms with E-state index >= 15 is 0 Å². The molecule has 0 aromatic carbocycles. The molecule has 1 fully saturated rings. The molecule has 5 N–H and O–H groups in total. The highest BCUT2D eigenvalue weighted by Gasteiger charge is 2.46. The molecule has 0 unspecified atom stereocenters. The molecule has 27 heavy (non-hydrogen) atoms. The monoisotopic (exact) mass is 382 g/mol. The van der Waals surface area contributed by atoms with Crippen molar-refractivity contribution in [3.05, 3.63) is 35.5 Å². The molecule has 9 atom stereocenters. The lowest BCUT2D eigenvalue weighted by atomic mass is 9.73. The molecule has 7 nitrogen and oxygen atoms in total. The highest BCUT2D eigenvalue weighted by Crippen LogP contribution is 2.41. The lowest BCUT2D eigenvalue weighted by Gasteiger charge is -2.43. The summed E-state index contributed by atoms with van der Waals surface area (Å²) in [6.07, 6.45) is -2.52. The van der Waals surface area contributed by atoms with Crippen LogP contribution in [-0.2, 0) is 9.47 Å². The van der Waals surface area contributed by atoms with E-state index in [0.717, 1.165) is 29.6 Å². The van der Waals surface area contributed by atoms with Gasteiger partial charge >= 0.3 is 0 Å². The zero-order chi connectivity index (χ0) is 19.9. The maximum absolute atomic E-state index is 10.7. The molecule has 0 bridgehead atoms. The zero-order valence-corrected chi connectivity index (χ0v) is 15.7. The van der Waals surface area contributed by atoms with Gasteiger partial charge in [-0.1, -0.05) is 25.2 Å². The Balaban J connectivity index is 1.79. The van der Waals surface area contributed by atoms with Crippen LogP contribution in [0.1, 0.15) is 26.7 Å². The average molecular weight is 382 g/mol. The van der Waals surface area contributed by atoms with Crippen molar-refractivity contribution in [3.63, 3.8) is 0 Å². The van der Waals surface area contributed by atoms with E-state index in [1.54, 1.807) is 0 Å². The van der Waals surface area contributed by atoms with E-state index in [-0.39, 0.29) is 5.92 Å². The quantitative estimate of drug-likeness (QED) is 0.435. The first-order valence-corrected chi connectivity index (χ1v) is 9.46. The van der Waals surface area contributed by atoms with Crippen LogP contribution >= 0.6 is 0 Å². The van der Waals surface area contributed by atoms with Gasteiger partial charge in [0.15, 0.2) is 6.29 Å². The van der Waals surface area contributed by atoms with Crippen LogP contribution in [-0.4, -0.2) is 75.1 Å². The molecule has 0 radical (unpaired) electrons. The molecule has 1 aliphatic heterocycles. The molecule has 0 spiro atoms. The van der Waals surface area contributed by atoms with Gasteiger partial charge in [0.25, 0.3) is 0 Å². The maximum Gasteiger partial charge on any atom is 0.187 e. The summed E-state index contributed by atoms with van der Waals surface area (Å²) in [6.45, 7) is 7.44. The van der Waals surface area contributed by atoms with Crippen molar-refractivity contribution in [2.24, 2.45) is 11.8 Å². The van der Waals surface area contributed by atoms with Crippen LogP contribution < -0.4 is 0 Å². The number of allylic oxidation sites excluding steroid dienone is 3. The van der Waals surface area contributed by atoms with Gasteiger partial charge in [-0.25, -0.2) is 0 Å². The van der Waals surface area contributed by atoms with Crippen LogP contribution in [0.2, 0.25) is 0 Å². The molecule has 1 saturated heterocycles. The first-order valence-electron chi connectivity index (χ1n) is 9.46. The number of fused-ring (bicyclic) bond motifs is 1. The number of aliphatic hydroxyl groups excluding tert-OH is 5. The summed E-state index contributed by atoms with van der Waals surface area (Å²) in [5.74, 6) is 0.136. The van der Waals surface area contributed by atoms with E-state index in [0.29, 0.717) is 5.92 Å². The van der Waals surface area contributed by atoms with Crippen molar-refractivity contribution in [1.29, 1.82) is 0 Å². The fraction of sp³-hybridized carbons (Fsp3) is 0.700. The zero-order valence-electron chi connectivity index (χ0n) is 15.7. The number of aliphatic hydroxyl groups is 5. The third-order valence-corrected chi connectivity index (χ3v) is 5.95. The maximum atomic E-state index is 10.7. The third-order valence-electron chi connectivity index (χ3n) is 5.95. The van der Waals surface area contributed by atoms with Crippen LogP contribution in [0.25, 0.3) is 0 Å². The van der Waals surface area contributed by atoms with Gasteiger partial charge in [-0.2, -0.15) is 0 Å². The molecule has 3 rings (SSSR count). The average Bonchev–Trinajstić information content (AvgIpc) is 2.65. The second-order valence-electron chi connectivity index (χ2n) is 7.88. The molecule has 2 aliphatic carbocycles. The predicted octanol–water partition coefficient (Wildman–Crippen LogP) is 0.0210. The normalized spacial score (nSPS) is 44.9. The van der Waals surface area contributed by atoms with Crippen molar-refractivity contribution >= 4 is 0 Å². The fourth-order valence-electron chi connectivity index (χ4n) is 4.09. The van der Waals surface area contributed by atoms with E-state index in [9.17, 15) is 25.5 Å². The first-order chi connectivity index (χ1) is 12.7. The van der Waals surface area contributed by atoms with E-state index < -0.39 is 49.5 Å². The lowest BCUT2D eigenvalue weighted by Crippen LogP contribution is -2.60. The molecular formula is C20H30O7.